The van der Waals surface area contributed by atoms with Gasteiger partial charge in [0.25, 0.3) is 0 Å². The number of aldehydes is 2. The van der Waals surface area contributed by atoms with Crippen LogP contribution in [0.1, 0.15) is 32.4 Å². The number of carbonyl (C=O) groups excluding carboxylic acids is 2. The summed E-state index contributed by atoms with van der Waals surface area (Å²) in [4.78, 5) is 21.1. The fourth-order valence-corrected chi connectivity index (χ4v) is 1.26. The summed E-state index contributed by atoms with van der Waals surface area (Å²) in [6.07, 6.45) is -2.01. The lowest BCUT2D eigenvalue weighted by Gasteiger charge is -2.12. The van der Waals surface area contributed by atoms with E-state index in [1.807, 2.05) is 0 Å². The lowest BCUT2D eigenvalue weighted by atomic mass is 10.00. The Morgan fingerprint density at radius 3 is 2.00 bits per heavy atom. The Bertz CT molecular complexity index is 424. The summed E-state index contributed by atoms with van der Waals surface area (Å²) in [5.41, 5.74) is 0.549. The molecule has 0 amide bonds. The summed E-state index contributed by atoms with van der Waals surface area (Å²) < 4.78 is 0. The number of nitriles is 1. The average molecular weight is 219 g/mol. The van der Waals surface area contributed by atoms with Gasteiger partial charge < -0.3 is 10.2 Å². The second kappa shape index (κ2) is 5.16. The molecule has 2 atom stereocenters. The number of hydrogen-bond acceptors (Lipinski definition) is 5. The van der Waals surface area contributed by atoms with Crippen LogP contribution in [0.15, 0.2) is 18.2 Å². The van der Waals surface area contributed by atoms with Gasteiger partial charge in [-0.25, -0.2) is 0 Å². The first-order valence-electron chi connectivity index (χ1n) is 4.43. The highest BCUT2D eigenvalue weighted by atomic mass is 16.3. The molecule has 1 aromatic carbocycles. The Labute approximate surface area is 91.6 Å². The molecule has 0 saturated heterocycles. The molecule has 82 valence electrons. The van der Waals surface area contributed by atoms with Gasteiger partial charge in [0.2, 0.25) is 0 Å². The molecule has 5 heteroatoms. The van der Waals surface area contributed by atoms with Gasteiger partial charge in [0.05, 0.1) is 6.07 Å². The molecule has 0 bridgehead atoms. The Kier molecular flexibility index (Phi) is 3.89. The van der Waals surface area contributed by atoms with E-state index in [1.54, 1.807) is 0 Å². The molecule has 0 spiro atoms. The molecular weight excluding hydrogens is 210 g/mol. The van der Waals surface area contributed by atoms with Crippen LogP contribution < -0.4 is 0 Å². The quantitative estimate of drug-likeness (QED) is 0.558. The number of benzene rings is 1. The van der Waals surface area contributed by atoms with Crippen LogP contribution in [0.25, 0.3) is 0 Å². The highest BCUT2D eigenvalue weighted by Crippen LogP contribution is 2.19. The Hall–Kier alpha value is -2.03. The third-order valence-electron chi connectivity index (χ3n) is 2.05. The Balaban J connectivity index is 3.18. The molecule has 5 nitrogen and oxygen atoms in total. The zero-order valence-electron chi connectivity index (χ0n) is 8.20. The monoisotopic (exact) mass is 219 g/mol. The van der Waals surface area contributed by atoms with Gasteiger partial charge in [-0.3, -0.25) is 9.59 Å². The van der Waals surface area contributed by atoms with E-state index in [4.69, 9.17) is 10.4 Å². The van der Waals surface area contributed by atoms with Gasteiger partial charge in [0.1, 0.15) is 18.7 Å². The van der Waals surface area contributed by atoms with E-state index < -0.39 is 12.2 Å². The second-order valence-electron chi connectivity index (χ2n) is 3.19. The van der Waals surface area contributed by atoms with Crippen LogP contribution >= 0.6 is 0 Å². The highest BCUT2D eigenvalue weighted by molar-refractivity contribution is 5.82. The number of nitrogens with zero attached hydrogens (tertiary/aromatic N) is 1. The van der Waals surface area contributed by atoms with Gasteiger partial charge in [-0.1, -0.05) is 0 Å². The summed E-state index contributed by atoms with van der Waals surface area (Å²) in [6.45, 7) is 0. The summed E-state index contributed by atoms with van der Waals surface area (Å²) in [6, 6.07) is 5.43. The molecule has 0 aliphatic rings. The largest absolute Gasteiger partial charge is 0.385 e. The predicted molar refractivity (Wildman–Crippen MR) is 53.8 cm³/mol. The molecule has 0 aromatic heterocycles. The van der Waals surface area contributed by atoms with Crippen LogP contribution in [0.4, 0.5) is 0 Å². The molecule has 0 fully saturated rings. The first-order chi connectivity index (χ1) is 7.62. The number of hydrogen-bond donors (Lipinski definition) is 2. The Morgan fingerprint density at radius 1 is 1.12 bits per heavy atom. The van der Waals surface area contributed by atoms with Crippen molar-refractivity contribution in [1.29, 1.82) is 5.26 Å². The summed E-state index contributed by atoms with van der Waals surface area (Å²) in [7, 11) is 0. The summed E-state index contributed by atoms with van der Waals surface area (Å²) >= 11 is 0. The molecule has 0 aliphatic heterocycles. The molecule has 0 heterocycles. The van der Waals surface area contributed by atoms with Gasteiger partial charge in [-0.15, -0.1) is 0 Å². The third-order valence-corrected chi connectivity index (χ3v) is 2.05. The van der Waals surface area contributed by atoms with Crippen LogP contribution in [-0.2, 0) is 0 Å². The molecule has 1 rings (SSSR count). The van der Waals surface area contributed by atoms with Crippen molar-refractivity contribution in [1.82, 2.24) is 0 Å². The van der Waals surface area contributed by atoms with Crippen LogP contribution in [0.2, 0.25) is 0 Å². The Morgan fingerprint density at radius 2 is 1.62 bits per heavy atom. The number of aliphatic hydroxyl groups is 2. The maximum absolute atomic E-state index is 10.6. The van der Waals surface area contributed by atoms with Gasteiger partial charge in [-0.2, -0.15) is 5.26 Å². The maximum atomic E-state index is 10.6. The fourth-order valence-electron chi connectivity index (χ4n) is 1.26. The lowest BCUT2D eigenvalue weighted by Crippen LogP contribution is -2.16. The first kappa shape index (κ1) is 12.0. The van der Waals surface area contributed by atoms with Crippen molar-refractivity contribution < 1.29 is 19.8 Å². The average Bonchev–Trinajstić information content (AvgIpc) is 2.35. The van der Waals surface area contributed by atoms with Crippen LogP contribution in [0.5, 0.6) is 0 Å². The van der Waals surface area contributed by atoms with Crippen LogP contribution in [0.3, 0.4) is 0 Å². The van der Waals surface area contributed by atoms with E-state index in [9.17, 15) is 14.7 Å². The van der Waals surface area contributed by atoms with Gasteiger partial charge in [0, 0.05) is 11.1 Å². The van der Waals surface area contributed by atoms with Crippen molar-refractivity contribution >= 4 is 12.6 Å². The van der Waals surface area contributed by atoms with Crippen LogP contribution in [0, 0.1) is 11.3 Å². The smallest absolute Gasteiger partial charge is 0.170 e. The summed E-state index contributed by atoms with van der Waals surface area (Å²) in [5.74, 6) is 0. The maximum Gasteiger partial charge on any atom is 0.170 e. The minimum Gasteiger partial charge on any atom is -0.385 e. The normalized spacial score (nSPS) is 13.6. The zero-order valence-corrected chi connectivity index (χ0v) is 8.20. The molecule has 1 aromatic rings. The van der Waals surface area contributed by atoms with Crippen molar-refractivity contribution in [3.05, 3.63) is 34.9 Å². The molecular formula is C11H9NO4. The van der Waals surface area contributed by atoms with Crippen molar-refractivity contribution in [2.45, 2.75) is 12.2 Å². The van der Waals surface area contributed by atoms with E-state index in [2.05, 4.69) is 0 Å². The van der Waals surface area contributed by atoms with E-state index in [0.29, 0.717) is 12.6 Å². The van der Waals surface area contributed by atoms with Gasteiger partial charge in [-0.05, 0) is 23.8 Å². The third kappa shape index (κ3) is 2.51. The highest BCUT2D eigenvalue weighted by Gasteiger charge is 2.18. The minimum atomic E-state index is -1.60. The minimum absolute atomic E-state index is 0.153. The topological polar surface area (TPSA) is 98.4 Å². The molecule has 0 radical (unpaired) electrons. The van der Waals surface area contributed by atoms with E-state index in [-0.39, 0.29) is 16.7 Å². The molecule has 2 unspecified atom stereocenters. The molecule has 2 N–H and O–H groups in total. The second-order valence-corrected chi connectivity index (χ2v) is 3.19. The first-order valence-corrected chi connectivity index (χ1v) is 4.43. The molecule has 0 saturated carbocycles. The standard InChI is InChI=1S/C11H9NO4/c12-4-10(15)11(16)9-2-7(5-13)1-8(3-9)6-14/h1-3,5-6,10-11,15-16H. The van der Waals surface area contributed by atoms with E-state index in [1.165, 1.54) is 24.3 Å². The number of carbonyl (C=O) groups is 2. The van der Waals surface area contributed by atoms with Crippen molar-refractivity contribution in [3.8, 4) is 6.07 Å². The lowest BCUT2D eigenvalue weighted by molar-refractivity contribution is 0.0527. The van der Waals surface area contributed by atoms with Crippen molar-refractivity contribution in [2.75, 3.05) is 0 Å². The SMILES string of the molecule is N#CC(O)C(O)c1cc(C=O)cc(C=O)c1. The van der Waals surface area contributed by atoms with E-state index >= 15 is 0 Å². The van der Waals surface area contributed by atoms with Crippen molar-refractivity contribution in [3.63, 3.8) is 0 Å². The van der Waals surface area contributed by atoms with E-state index in [0.717, 1.165) is 0 Å². The van der Waals surface area contributed by atoms with Crippen molar-refractivity contribution in [2.24, 2.45) is 0 Å². The fraction of sp³-hybridized carbons (Fsp3) is 0.182. The number of aliphatic hydroxyl groups excluding tert-OH is 2. The van der Waals surface area contributed by atoms with Gasteiger partial charge in [0.15, 0.2) is 6.10 Å². The zero-order chi connectivity index (χ0) is 12.1. The number of rotatable bonds is 4. The molecule has 16 heavy (non-hydrogen) atoms. The van der Waals surface area contributed by atoms with Crippen LogP contribution in [-0.4, -0.2) is 28.9 Å². The summed E-state index contributed by atoms with van der Waals surface area (Å²) in [5, 5.41) is 27.1. The van der Waals surface area contributed by atoms with Gasteiger partial charge >= 0.3 is 0 Å². The molecule has 0 aliphatic carbocycles. The predicted octanol–water partition coefficient (Wildman–Crippen LogP) is 0.229.